The topological polar surface area (TPSA) is 75.2 Å². The van der Waals surface area contributed by atoms with Gasteiger partial charge in [-0.15, -0.1) is 0 Å². The summed E-state index contributed by atoms with van der Waals surface area (Å²) in [6.07, 6.45) is 0.310. The van der Waals surface area contributed by atoms with E-state index in [0.717, 1.165) is 0 Å². The summed E-state index contributed by atoms with van der Waals surface area (Å²) in [5.74, 6) is 0.0712. The van der Waals surface area contributed by atoms with Crippen molar-refractivity contribution in [3.8, 4) is 17.0 Å². The van der Waals surface area contributed by atoms with Gasteiger partial charge < -0.3 is 14.8 Å². The van der Waals surface area contributed by atoms with Gasteiger partial charge in [0.15, 0.2) is 0 Å². The molecule has 0 saturated carbocycles. The Kier molecular flexibility index (Phi) is 4.42. The zero-order chi connectivity index (χ0) is 14.7. The van der Waals surface area contributed by atoms with Gasteiger partial charge in [-0.3, -0.25) is 4.79 Å². The number of nitrogens with zero attached hydrogens (tertiary/aromatic N) is 1. The molecule has 2 rings (SSSR count). The van der Waals surface area contributed by atoms with E-state index < -0.39 is 5.56 Å². The Morgan fingerprint density at radius 2 is 2.25 bits per heavy atom. The van der Waals surface area contributed by atoms with E-state index in [1.807, 2.05) is 6.92 Å². The van der Waals surface area contributed by atoms with Gasteiger partial charge >= 0.3 is 0 Å². The van der Waals surface area contributed by atoms with E-state index in [-0.39, 0.29) is 17.5 Å². The van der Waals surface area contributed by atoms with Gasteiger partial charge in [0.2, 0.25) is 5.88 Å². The highest BCUT2D eigenvalue weighted by atomic mass is 35.5. The predicted molar refractivity (Wildman–Crippen MR) is 77.1 cm³/mol. The summed E-state index contributed by atoms with van der Waals surface area (Å²) >= 11 is 5.89. The monoisotopic (exact) mass is 294 g/mol. The summed E-state index contributed by atoms with van der Waals surface area (Å²) < 4.78 is 5.10. The van der Waals surface area contributed by atoms with Gasteiger partial charge in [-0.25, -0.2) is 0 Å². The third-order valence-electron chi connectivity index (χ3n) is 2.95. The molecule has 1 atom stereocenters. The van der Waals surface area contributed by atoms with Crippen LogP contribution in [0.1, 0.15) is 12.7 Å². The van der Waals surface area contributed by atoms with Crippen molar-refractivity contribution < 1.29 is 9.84 Å². The lowest BCUT2D eigenvalue weighted by Crippen LogP contribution is -2.18. The molecule has 1 aromatic heterocycles. The number of hydrogen-bond acceptors (Lipinski definition) is 4. The highest BCUT2D eigenvalue weighted by Crippen LogP contribution is 2.25. The molecule has 2 aromatic rings. The molecular weight excluding hydrogens is 280 g/mol. The van der Waals surface area contributed by atoms with Crippen LogP contribution in [-0.4, -0.2) is 28.3 Å². The molecule has 5 nitrogen and oxygen atoms in total. The molecule has 2 N–H and O–H groups in total. The highest BCUT2D eigenvalue weighted by molar-refractivity contribution is 6.30. The van der Waals surface area contributed by atoms with Crippen LogP contribution < -0.4 is 5.56 Å². The van der Waals surface area contributed by atoms with E-state index in [1.165, 1.54) is 0 Å². The number of aromatic hydroxyl groups is 1. The number of methoxy groups -OCH3 is 1. The highest BCUT2D eigenvalue weighted by Gasteiger charge is 2.14. The van der Waals surface area contributed by atoms with Gasteiger partial charge in [0.25, 0.3) is 5.56 Å². The van der Waals surface area contributed by atoms with Crippen LogP contribution in [0.4, 0.5) is 0 Å². The van der Waals surface area contributed by atoms with Gasteiger partial charge in [-0.1, -0.05) is 23.7 Å². The summed E-state index contributed by atoms with van der Waals surface area (Å²) in [5.41, 5.74) is 0.231. The van der Waals surface area contributed by atoms with E-state index in [1.54, 1.807) is 31.4 Å². The second kappa shape index (κ2) is 6.07. The van der Waals surface area contributed by atoms with Gasteiger partial charge in [0, 0.05) is 18.6 Å². The van der Waals surface area contributed by atoms with Gasteiger partial charge in [0.05, 0.1) is 6.10 Å². The summed E-state index contributed by atoms with van der Waals surface area (Å²) in [4.78, 5) is 18.8. The van der Waals surface area contributed by atoms with Crippen molar-refractivity contribution in [2.75, 3.05) is 7.11 Å². The fourth-order valence-corrected chi connectivity index (χ4v) is 2.05. The maximum absolute atomic E-state index is 12.1. The molecule has 0 radical (unpaired) electrons. The lowest BCUT2D eigenvalue weighted by molar-refractivity contribution is 0.117. The fraction of sp³-hybridized carbons (Fsp3) is 0.286. The molecular formula is C14H15ClN2O3. The van der Waals surface area contributed by atoms with E-state index in [9.17, 15) is 9.90 Å². The van der Waals surface area contributed by atoms with Crippen molar-refractivity contribution in [2.45, 2.75) is 19.4 Å². The van der Waals surface area contributed by atoms with Crippen LogP contribution in [0.15, 0.2) is 29.1 Å². The number of halogens is 1. The van der Waals surface area contributed by atoms with Crippen molar-refractivity contribution in [1.82, 2.24) is 9.97 Å². The zero-order valence-electron chi connectivity index (χ0n) is 11.2. The molecule has 0 aliphatic rings. The van der Waals surface area contributed by atoms with Crippen LogP contribution in [0.25, 0.3) is 11.1 Å². The Hall–Kier alpha value is -1.85. The van der Waals surface area contributed by atoms with Crippen molar-refractivity contribution in [3.05, 3.63) is 45.5 Å². The SMILES string of the molecule is COC(C)Cc1nc(O)c(-c2cccc(Cl)c2)c(=O)[nH]1. The molecule has 0 bridgehead atoms. The molecule has 1 aromatic carbocycles. The maximum Gasteiger partial charge on any atom is 0.262 e. The Morgan fingerprint density at radius 1 is 1.50 bits per heavy atom. The Balaban J connectivity index is 2.44. The molecule has 1 heterocycles. The average Bonchev–Trinajstić information content (AvgIpc) is 2.37. The number of aromatic nitrogens is 2. The largest absolute Gasteiger partial charge is 0.493 e. The van der Waals surface area contributed by atoms with Gasteiger partial charge in [-0.05, 0) is 24.6 Å². The molecule has 0 saturated heterocycles. The Morgan fingerprint density at radius 3 is 2.85 bits per heavy atom. The molecule has 0 amide bonds. The number of ether oxygens (including phenoxy) is 1. The van der Waals surface area contributed by atoms with Gasteiger partial charge in [0.1, 0.15) is 11.4 Å². The van der Waals surface area contributed by atoms with E-state index in [2.05, 4.69) is 9.97 Å². The first kappa shape index (κ1) is 14.6. The Bertz CT molecular complexity index is 670. The molecule has 6 heteroatoms. The number of nitrogens with one attached hydrogen (secondary N) is 1. The third kappa shape index (κ3) is 3.18. The minimum Gasteiger partial charge on any atom is -0.493 e. The molecule has 0 aliphatic heterocycles. The summed E-state index contributed by atoms with van der Waals surface area (Å²) in [6.45, 7) is 1.85. The smallest absolute Gasteiger partial charge is 0.262 e. The fourth-order valence-electron chi connectivity index (χ4n) is 1.86. The van der Waals surface area contributed by atoms with Crippen LogP contribution in [0.2, 0.25) is 5.02 Å². The summed E-state index contributed by atoms with van der Waals surface area (Å²) in [5, 5.41) is 10.5. The molecule has 1 unspecified atom stereocenters. The second-order valence-electron chi connectivity index (χ2n) is 4.47. The number of aromatic amines is 1. The number of hydrogen-bond donors (Lipinski definition) is 2. The lowest BCUT2D eigenvalue weighted by Gasteiger charge is -2.10. The summed E-state index contributed by atoms with van der Waals surface area (Å²) in [6, 6.07) is 6.69. The summed E-state index contributed by atoms with van der Waals surface area (Å²) in [7, 11) is 1.57. The first-order valence-electron chi connectivity index (χ1n) is 6.12. The Labute approximate surface area is 121 Å². The van der Waals surface area contributed by atoms with E-state index in [4.69, 9.17) is 16.3 Å². The van der Waals surface area contributed by atoms with Crippen LogP contribution in [-0.2, 0) is 11.2 Å². The van der Waals surface area contributed by atoms with E-state index in [0.29, 0.717) is 22.8 Å². The standard InChI is InChI=1S/C14H15ClN2O3/c1-8(20-2)6-11-16-13(18)12(14(19)17-11)9-4-3-5-10(15)7-9/h3-5,7-8H,6H2,1-2H3,(H2,16,17,18,19). The second-order valence-corrected chi connectivity index (χ2v) is 4.91. The van der Waals surface area contributed by atoms with Gasteiger partial charge in [-0.2, -0.15) is 4.98 Å². The predicted octanol–water partition coefficient (Wildman–Crippen LogP) is 2.37. The first-order valence-corrected chi connectivity index (χ1v) is 6.50. The number of H-pyrrole nitrogens is 1. The van der Waals surface area contributed by atoms with Crippen LogP contribution in [0, 0.1) is 0 Å². The quantitative estimate of drug-likeness (QED) is 0.908. The van der Waals surface area contributed by atoms with Crippen LogP contribution >= 0.6 is 11.6 Å². The first-order chi connectivity index (χ1) is 9.51. The van der Waals surface area contributed by atoms with Crippen LogP contribution in [0.5, 0.6) is 5.88 Å². The maximum atomic E-state index is 12.1. The lowest BCUT2D eigenvalue weighted by atomic mass is 10.1. The minimum absolute atomic E-state index is 0.102. The zero-order valence-corrected chi connectivity index (χ0v) is 11.9. The van der Waals surface area contributed by atoms with E-state index >= 15 is 0 Å². The molecule has 20 heavy (non-hydrogen) atoms. The normalized spacial score (nSPS) is 12.3. The molecule has 0 fully saturated rings. The average molecular weight is 295 g/mol. The van der Waals surface area contributed by atoms with Crippen LogP contribution in [0.3, 0.4) is 0 Å². The number of benzene rings is 1. The molecule has 0 spiro atoms. The minimum atomic E-state index is -0.405. The van der Waals surface area contributed by atoms with Crippen molar-refractivity contribution in [3.63, 3.8) is 0 Å². The van der Waals surface area contributed by atoms with Crippen molar-refractivity contribution in [2.24, 2.45) is 0 Å². The third-order valence-corrected chi connectivity index (χ3v) is 3.18. The van der Waals surface area contributed by atoms with Crippen molar-refractivity contribution in [1.29, 1.82) is 0 Å². The molecule has 106 valence electrons. The van der Waals surface area contributed by atoms with Crippen molar-refractivity contribution >= 4 is 11.6 Å². The molecule has 0 aliphatic carbocycles. The number of rotatable bonds is 4.